The third-order valence-electron chi connectivity index (χ3n) is 3.71. The minimum Gasteiger partial charge on any atom is -0.503 e. The van der Waals surface area contributed by atoms with Gasteiger partial charge in [-0.2, -0.15) is 0 Å². The molecule has 1 aliphatic rings. The number of thiocarbonyl (C=S) groups is 1. The molecule has 0 unspecified atom stereocenters. The van der Waals surface area contributed by atoms with Crippen LogP contribution in [0, 0.1) is 0 Å². The Kier molecular flexibility index (Phi) is 6.01. The highest BCUT2D eigenvalue weighted by molar-refractivity contribution is 9.10. The van der Waals surface area contributed by atoms with E-state index in [1.165, 1.54) is 11.8 Å². The van der Waals surface area contributed by atoms with Gasteiger partial charge in [0.25, 0.3) is 5.91 Å². The summed E-state index contributed by atoms with van der Waals surface area (Å²) in [5.74, 6) is 0.291. The van der Waals surface area contributed by atoms with E-state index in [4.69, 9.17) is 17.0 Å². The van der Waals surface area contributed by atoms with Gasteiger partial charge in [0.2, 0.25) is 0 Å². The van der Waals surface area contributed by atoms with Crippen LogP contribution in [0.25, 0.3) is 6.08 Å². The molecule has 0 radical (unpaired) electrons. The summed E-state index contributed by atoms with van der Waals surface area (Å²) in [6, 6.07) is 13.2. The molecule has 3 rings (SSSR count). The minimum absolute atomic E-state index is 0.0422. The standard InChI is InChI=1S/C19H16BrNO3S2/c1-2-24-15-9-13(8-14(20)17(15)22)10-16-18(23)21(19(25)26-16)11-12-6-4-3-5-7-12/h3-10,22H,2,11H2,1H3. The highest BCUT2D eigenvalue weighted by Gasteiger charge is 2.32. The number of ether oxygens (including phenoxy) is 1. The van der Waals surface area contributed by atoms with Crippen molar-refractivity contribution in [2.24, 2.45) is 0 Å². The maximum Gasteiger partial charge on any atom is 0.266 e. The number of halogens is 1. The fraction of sp³-hybridized carbons (Fsp3) is 0.158. The van der Waals surface area contributed by atoms with E-state index in [0.29, 0.717) is 32.6 Å². The predicted octanol–water partition coefficient (Wildman–Crippen LogP) is 4.95. The number of phenolic OH excluding ortho intramolecular Hbond substituents is 1. The quantitative estimate of drug-likeness (QED) is 0.516. The van der Waals surface area contributed by atoms with Gasteiger partial charge in [-0.15, -0.1) is 0 Å². The van der Waals surface area contributed by atoms with Crippen molar-refractivity contribution in [2.45, 2.75) is 13.5 Å². The number of rotatable bonds is 5. The van der Waals surface area contributed by atoms with Crippen LogP contribution >= 0.6 is 39.9 Å². The van der Waals surface area contributed by atoms with Gasteiger partial charge in [-0.1, -0.05) is 54.3 Å². The Morgan fingerprint density at radius 3 is 2.73 bits per heavy atom. The van der Waals surface area contributed by atoms with Crippen LogP contribution in [-0.4, -0.2) is 26.8 Å². The van der Waals surface area contributed by atoms with Crippen molar-refractivity contribution < 1.29 is 14.6 Å². The summed E-state index contributed by atoms with van der Waals surface area (Å²) in [6.07, 6.45) is 1.76. The third-order valence-corrected chi connectivity index (χ3v) is 5.69. The summed E-state index contributed by atoms with van der Waals surface area (Å²) in [5.41, 5.74) is 1.77. The van der Waals surface area contributed by atoms with Crippen LogP contribution in [0.4, 0.5) is 0 Å². The monoisotopic (exact) mass is 449 g/mol. The van der Waals surface area contributed by atoms with Crippen LogP contribution in [-0.2, 0) is 11.3 Å². The first-order valence-electron chi connectivity index (χ1n) is 7.94. The second kappa shape index (κ2) is 8.24. The Balaban J connectivity index is 1.86. The summed E-state index contributed by atoms with van der Waals surface area (Å²) in [5, 5.41) is 10.0. The topological polar surface area (TPSA) is 49.8 Å². The molecule has 0 bridgehead atoms. The molecule has 0 aliphatic carbocycles. The van der Waals surface area contributed by atoms with Crippen molar-refractivity contribution in [3.05, 3.63) is 63.0 Å². The molecule has 0 atom stereocenters. The third kappa shape index (κ3) is 4.11. The van der Waals surface area contributed by atoms with Crippen LogP contribution in [0.2, 0.25) is 0 Å². The van der Waals surface area contributed by atoms with Gasteiger partial charge in [0.15, 0.2) is 11.5 Å². The van der Waals surface area contributed by atoms with Gasteiger partial charge in [0, 0.05) is 0 Å². The number of amides is 1. The van der Waals surface area contributed by atoms with Crippen molar-refractivity contribution in [3.63, 3.8) is 0 Å². The fourth-order valence-electron chi connectivity index (χ4n) is 2.50. The van der Waals surface area contributed by atoms with Crippen LogP contribution < -0.4 is 4.74 Å². The number of aromatic hydroxyl groups is 1. The highest BCUT2D eigenvalue weighted by atomic mass is 79.9. The molecule has 1 saturated heterocycles. The molecule has 4 nitrogen and oxygen atoms in total. The lowest BCUT2D eigenvalue weighted by molar-refractivity contribution is -0.122. The first-order valence-corrected chi connectivity index (χ1v) is 9.96. The average molecular weight is 450 g/mol. The molecule has 1 heterocycles. The van der Waals surface area contributed by atoms with Crippen molar-refractivity contribution in [2.75, 3.05) is 6.61 Å². The number of carbonyl (C=O) groups is 1. The molecule has 1 amide bonds. The van der Waals surface area contributed by atoms with E-state index in [9.17, 15) is 9.90 Å². The molecule has 7 heteroatoms. The summed E-state index contributed by atoms with van der Waals surface area (Å²) < 4.78 is 6.48. The van der Waals surface area contributed by atoms with Crippen molar-refractivity contribution in [1.82, 2.24) is 4.90 Å². The van der Waals surface area contributed by atoms with Gasteiger partial charge in [-0.05, 0) is 52.2 Å². The molecule has 2 aromatic carbocycles. The number of phenols is 1. The lowest BCUT2D eigenvalue weighted by atomic mass is 10.1. The van der Waals surface area contributed by atoms with E-state index in [1.54, 1.807) is 23.1 Å². The molecule has 2 aromatic rings. The Hall–Kier alpha value is -1.83. The molecule has 1 fully saturated rings. The lowest BCUT2D eigenvalue weighted by Gasteiger charge is -2.14. The van der Waals surface area contributed by atoms with E-state index in [2.05, 4.69) is 15.9 Å². The maximum absolute atomic E-state index is 12.7. The zero-order chi connectivity index (χ0) is 18.7. The molecule has 26 heavy (non-hydrogen) atoms. The summed E-state index contributed by atoms with van der Waals surface area (Å²) in [4.78, 5) is 14.9. The largest absolute Gasteiger partial charge is 0.503 e. The van der Waals surface area contributed by atoms with E-state index in [0.717, 1.165) is 11.1 Å². The van der Waals surface area contributed by atoms with Gasteiger partial charge >= 0.3 is 0 Å². The Morgan fingerprint density at radius 2 is 2.04 bits per heavy atom. The number of nitrogens with zero attached hydrogens (tertiary/aromatic N) is 1. The zero-order valence-electron chi connectivity index (χ0n) is 13.9. The molecular weight excluding hydrogens is 434 g/mol. The molecule has 1 aliphatic heterocycles. The van der Waals surface area contributed by atoms with Gasteiger partial charge in [0.05, 0.1) is 22.5 Å². The zero-order valence-corrected chi connectivity index (χ0v) is 17.2. The molecule has 0 aromatic heterocycles. The molecule has 134 valence electrons. The smallest absolute Gasteiger partial charge is 0.266 e. The molecule has 0 saturated carbocycles. The van der Waals surface area contributed by atoms with Gasteiger partial charge < -0.3 is 9.84 Å². The second-order valence-corrected chi connectivity index (χ2v) is 8.07. The van der Waals surface area contributed by atoms with E-state index in [-0.39, 0.29) is 11.7 Å². The van der Waals surface area contributed by atoms with E-state index in [1.807, 2.05) is 37.3 Å². The Labute approximate surface area is 170 Å². The Morgan fingerprint density at radius 1 is 1.31 bits per heavy atom. The summed E-state index contributed by atoms with van der Waals surface area (Å²) >= 11 is 9.96. The minimum atomic E-state index is -0.119. The van der Waals surface area contributed by atoms with Gasteiger partial charge in [-0.3, -0.25) is 9.69 Å². The highest BCUT2D eigenvalue weighted by Crippen LogP contribution is 2.38. The van der Waals surface area contributed by atoms with Crippen LogP contribution in [0.3, 0.4) is 0 Å². The van der Waals surface area contributed by atoms with Crippen molar-refractivity contribution >= 4 is 56.2 Å². The fourth-order valence-corrected chi connectivity index (χ4v) is 4.21. The van der Waals surface area contributed by atoms with E-state index >= 15 is 0 Å². The molecule has 0 spiro atoms. The summed E-state index contributed by atoms with van der Waals surface area (Å²) in [6.45, 7) is 2.73. The van der Waals surface area contributed by atoms with Crippen LogP contribution in [0.5, 0.6) is 11.5 Å². The lowest BCUT2D eigenvalue weighted by Crippen LogP contribution is -2.27. The number of hydrogen-bond acceptors (Lipinski definition) is 5. The predicted molar refractivity (Wildman–Crippen MR) is 112 cm³/mol. The van der Waals surface area contributed by atoms with Crippen LogP contribution in [0.1, 0.15) is 18.1 Å². The van der Waals surface area contributed by atoms with Crippen molar-refractivity contribution in [1.29, 1.82) is 0 Å². The first-order chi connectivity index (χ1) is 12.5. The Bertz CT molecular complexity index is 884. The van der Waals surface area contributed by atoms with Crippen LogP contribution in [0.15, 0.2) is 51.8 Å². The van der Waals surface area contributed by atoms with Gasteiger partial charge in [0.1, 0.15) is 4.32 Å². The molecule has 1 N–H and O–H groups in total. The van der Waals surface area contributed by atoms with E-state index < -0.39 is 0 Å². The number of hydrogen-bond donors (Lipinski definition) is 1. The van der Waals surface area contributed by atoms with Gasteiger partial charge in [-0.25, -0.2) is 0 Å². The number of thioether (sulfide) groups is 1. The number of benzene rings is 2. The average Bonchev–Trinajstić information content (AvgIpc) is 2.88. The SMILES string of the molecule is CCOc1cc(C=C2SC(=S)N(Cc3ccccc3)C2=O)cc(Br)c1O. The second-order valence-electron chi connectivity index (χ2n) is 5.54. The molecular formula is C19H16BrNO3S2. The maximum atomic E-state index is 12.7. The van der Waals surface area contributed by atoms with Crippen molar-refractivity contribution in [3.8, 4) is 11.5 Å². The first kappa shape index (κ1) is 18.9. The summed E-state index contributed by atoms with van der Waals surface area (Å²) in [7, 11) is 0. The normalized spacial score (nSPS) is 15.8. The number of carbonyl (C=O) groups excluding carboxylic acids is 1.